The topological polar surface area (TPSA) is 67.1 Å². The number of rotatable bonds is 9. The van der Waals surface area contributed by atoms with E-state index in [-0.39, 0.29) is 0 Å². The van der Waals surface area contributed by atoms with Crippen LogP contribution in [0.3, 0.4) is 0 Å². The van der Waals surface area contributed by atoms with Crippen LogP contribution in [0.2, 0.25) is 0 Å². The summed E-state index contributed by atoms with van der Waals surface area (Å²) in [5.41, 5.74) is 7.00. The zero-order valence-corrected chi connectivity index (χ0v) is 12.0. The average Bonchev–Trinajstić information content (AvgIpc) is 2.87. The highest BCUT2D eigenvalue weighted by molar-refractivity contribution is 8.13. The Kier molecular flexibility index (Phi) is 8.38. The molecule has 1 aromatic heterocycles. The van der Waals surface area contributed by atoms with Crippen LogP contribution in [0.1, 0.15) is 44.7 Å². The van der Waals surface area contributed by atoms with E-state index in [2.05, 4.69) is 21.9 Å². The number of hydrogen-bond acceptors (Lipinski definition) is 3. The van der Waals surface area contributed by atoms with Gasteiger partial charge in [0, 0.05) is 24.2 Å². The third-order valence-corrected chi connectivity index (χ3v) is 3.59. The minimum Gasteiger partial charge on any atom is -0.379 e. The van der Waals surface area contributed by atoms with E-state index in [9.17, 15) is 0 Å². The first-order chi connectivity index (χ1) is 8.83. The number of nitrogens with zero attached hydrogens (tertiary/aromatic N) is 2. The molecule has 0 aliphatic heterocycles. The number of aliphatic imine (C=N–C) groups is 1. The predicted octanol–water partition coefficient (Wildman–Crippen LogP) is 2.97. The van der Waals surface area contributed by atoms with Crippen LogP contribution in [-0.2, 0) is 6.42 Å². The van der Waals surface area contributed by atoms with Crippen molar-refractivity contribution in [1.82, 2.24) is 9.97 Å². The first kappa shape index (κ1) is 15.1. The molecule has 102 valence electrons. The van der Waals surface area contributed by atoms with Crippen molar-refractivity contribution in [3.8, 4) is 0 Å². The van der Waals surface area contributed by atoms with E-state index in [0.717, 1.165) is 36.0 Å². The molecule has 18 heavy (non-hydrogen) atoms. The van der Waals surface area contributed by atoms with Crippen LogP contribution in [0.25, 0.3) is 0 Å². The Labute approximate surface area is 114 Å². The molecule has 0 amide bonds. The second kappa shape index (κ2) is 10.00. The van der Waals surface area contributed by atoms with Gasteiger partial charge in [0.2, 0.25) is 0 Å². The molecule has 0 bridgehead atoms. The number of imidazole rings is 1. The summed E-state index contributed by atoms with van der Waals surface area (Å²) >= 11 is 1.68. The van der Waals surface area contributed by atoms with Crippen LogP contribution in [0, 0.1) is 0 Å². The van der Waals surface area contributed by atoms with E-state index in [4.69, 9.17) is 5.73 Å². The molecule has 1 rings (SSSR count). The number of nitrogens with one attached hydrogen (secondary N) is 1. The van der Waals surface area contributed by atoms with Crippen molar-refractivity contribution in [3.05, 3.63) is 18.2 Å². The lowest BCUT2D eigenvalue weighted by atomic mass is 10.2. The van der Waals surface area contributed by atoms with E-state index < -0.39 is 0 Å². The van der Waals surface area contributed by atoms with Crippen molar-refractivity contribution < 1.29 is 0 Å². The van der Waals surface area contributed by atoms with Gasteiger partial charge >= 0.3 is 0 Å². The predicted molar refractivity (Wildman–Crippen MR) is 80.0 cm³/mol. The monoisotopic (exact) mass is 268 g/mol. The third kappa shape index (κ3) is 7.37. The Balaban J connectivity index is 1.99. The number of aromatic amines is 1. The Bertz CT molecular complexity index is 322. The first-order valence-electron chi connectivity index (χ1n) is 6.73. The molecule has 1 aromatic rings. The number of amidine groups is 1. The van der Waals surface area contributed by atoms with E-state index in [1.165, 1.54) is 25.7 Å². The van der Waals surface area contributed by atoms with E-state index in [1.54, 1.807) is 18.1 Å². The molecule has 0 aliphatic rings. The summed E-state index contributed by atoms with van der Waals surface area (Å²) in [6, 6.07) is 0. The van der Waals surface area contributed by atoms with Crippen LogP contribution < -0.4 is 5.73 Å². The number of aryl methyl sites for hydroxylation is 1. The number of thioether (sulfide) groups is 1. The Morgan fingerprint density at radius 1 is 1.39 bits per heavy atom. The number of nitrogens with two attached hydrogens (primary N) is 1. The summed E-state index contributed by atoms with van der Waals surface area (Å²) in [6.07, 6.45) is 10.7. The van der Waals surface area contributed by atoms with Gasteiger partial charge in [0.1, 0.15) is 0 Å². The molecule has 0 radical (unpaired) electrons. The molecule has 1 heterocycles. The largest absolute Gasteiger partial charge is 0.379 e. The first-order valence-corrected chi connectivity index (χ1v) is 7.71. The molecule has 0 aromatic carbocycles. The van der Waals surface area contributed by atoms with Gasteiger partial charge in [-0.05, 0) is 19.3 Å². The molecule has 0 aliphatic carbocycles. The van der Waals surface area contributed by atoms with Gasteiger partial charge in [-0.2, -0.15) is 0 Å². The molecule has 5 heteroatoms. The lowest BCUT2D eigenvalue weighted by Crippen LogP contribution is -2.08. The molecule has 0 saturated carbocycles. The fourth-order valence-corrected chi connectivity index (χ4v) is 2.37. The maximum Gasteiger partial charge on any atom is 0.153 e. The number of H-pyrrole nitrogens is 1. The molecular weight excluding hydrogens is 244 g/mol. The van der Waals surface area contributed by atoms with Gasteiger partial charge in [0.15, 0.2) is 5.17 Å². The molecule has 0 saturated heterocycles. The van der Waals surface area contributed by atoms with Gasteiger partial charge in [0.05, 0.1) is 6.33 Å². The maximum absolute atomic E-state index is 5.84. The molecule has 0 unspecified atom stereocenters. The summed E-state index contributed by atoms with van der Waals surface area (Å²) in [6.45, 7) is 3.02. The lowest BCUT2D eigenvalue weighted by Gasteiger charge is -2.01. The smallest absolute Gasteiger partial charge is 0.153 e. The summed E-state index contributed by atoms with van der Waals surface area (Å²) in [5, 5.41) is 0.733. The van der Waals surface area contributed by atoms with Gasteiger partial charge in [-0.1, -0.05) is 37.9 Å². The zero-order valence-electron chi connectivity index (χ0n) is 11.2. The third-order valence-electron chi connectivity index (χ3n) is 2.67. The van der Waals surface area contributed by atoms with Gasteiger partial charge in [0.25, 0.3) is 0 Å². The summed E-state index contributed by atoms with van der Waals surface area (Å²) < 4.78 is 0. The Morgan fingerprint density at radius 3 is 3.00 bits per heavy atom. The second-order valence-electron chi connectivity index (χ2n) is 4.31. The quantitative estimate of drug-likeness (QED) is 0.411. The van der Waals surface area contributed by atoms with Crippen molar-refractivity contribution in [2.24, 2.45) is 10.7 Å². The van der Waals surface area contributed by atoms with Crippen LogP contribution in [0.4, 0.5) is 0 Å². The minimum atomic E-state index is 0.733. The Hall–Kier alpha value is -0.970. The van der Waals surface area contributed by atoms with Gasteiger partial charge < -0.3 is 10.7 Å². The highest BCUT2D eigenvalue weighted by Gasteiger charge is 1.96. The molecule has 0 atom stereocenters. The summed E-state index contributed by atoms with van der Waals surface area (Å²) in [7, 11) is 0. The molecule has 4 nitrogen and oxygen atoms in total. The van der Waals surface area contributed by atoms with Gasteiger partial charge in [-0.3, -0.25) is 4.99 Å². The van der Waals surface area contributed by atoms with Crippen molar-refractivity contribution >= 4 is 16.9 Å². The number of aromatic nitrogens is 2. The lowest BCUT2D eigenvalue weighted by molar-refractivity contribution is 0.707. The standard InChI is InChI=1S/C13H24N4S/c1-2-3-4-5-9-18-13(14)16-8-6-7-12-10-15-11-17-12/h10-11H,2-9H2,1H3,(H2,14,16)(H,15,17). The van der Waals surface area contributed by atoms with Crippen LogP contribution in [-0.4, -0.2) is 27.4 Å². The van der Waals surface area contributed by atoms with Crippen molar-refractivity contribution in [3.63, 3.8) is 0 Å². The van der Waals surface area contributed by atoms with E-state index in [0.29, 0.717) is 0 Å². The fraction of sp³-hybridized carbons (Fsp3) is 0.692. The van der Waals surface area contributed by atoms with Gasteiger partial charge in [-0.15, -0.1) is 0 Å². The maximum atomic E-state index is 5.84. The second-order valence-corrected chi connectivity index (χ2v) is 5.42. The highest BCUT2D eigenvalue weighted by atomic mass is 32.2. The molecule has 3 N–H and O–H groups in total. The number of hydrogen-bond donors (Lipinski definition) is 2. The van der Waals surface area contributed by atoms with E-state index >= 15 is 0 Å². The minimum absolute atomic E-state index is 0.733. The van der Waals surface area contributed by atoms with Crippen molar-refractivity contribution in [2.75, 3.05) is 12.3 Å². The highest BCUT2D eigenvalue weighted by Crippen LogP contribution is 2.07. The van der Waals surface area contributed by atoms with Gasteiger partial charge in [-0.25, -0.2) is 4.98 Å². The SMILES string of the molecule is CCCCCCSC(N)=NCCCc1cnc[nH]1. The molecule has 0 spiro atoms. The summed E-state index contributed by atoms with van der Waals surface area (Å²) in [5.74, 6) is 1.09. The summed E-state index contributed by atoms with van der Waals surface area (Å²) in [4.78, 5) is 11.4. The number of unbranched alkanes of at least 4 members (excludes halogenated alkanes) is 3. The Morgan fingerprint density at radius 2 is 2.28 bits per heavy atom. The zero-order chi connectivity index (χ0) is 13.1. The van der Waals surface area contributed by atoms with Crippen molar-refractivity contribution in [2.45, 2.75) is 45.4 Å². The van der Waals surface area contributed by atoms with Crippen LogP contribution in [0.5, 0.6) is 0 Å². The van der Waals surface area contributed by atoms with E-state index in [1.807, 2.05) is 6.20 Å². The fourth-order valence-electron chi connectivity index (χ4n) is 1.63. The molecule has 0 fully saturated rings. The van der Waals surface area contributed by atoms with Crippen LogP contribution in [0.15, 0.2) is 17.5 Å². The average molecular weight is 268 g/mol. The van der Waals surface area contributed by atoms with Crippen LogP contribution >= 0.6 is 11.8 Å². The normalized spacial score (nSPS) is 11.9. The van der Waals surface area contributed by atoms with Crippen molar-refractivity contribution in [1.29, 1.82) is 0 Å². The molecular formula is C13H24N4S.